The number of fused-ring (bicyclic) bond motifs is 1. The molecule has 0 aliphatic heterocycles. The summed E-state index contributed by atoms with van der Waals surface area (Å²) in [6.07, 6.45) is 2.65. The Labute approximate surface area is 165 Å². The van der Waals surface area contributed by atoms with Gasteiger partial charge in [-0.05, 0) is 29.8 Å². The average molecular weight is 399 g/mol. The number of carbonyl (C=O) groups is 1. The lowest BCUT2D eigenvalue weighted by molar-refractivity contribution is -0.384. The number of hydrogen-bond donors (Lipinski definition) is 0. The molecule has 0 N–H and O–H groups in total. The number of ether oxygens (including phenoxy) is 2. The van der Waals surface area contributed by atoms with Gasteiger partial charge in [-0.2, -0.15) is 0 Å². The number of benzene rings is 2. The van der Waals surface area contributed by atoms with E-state index in [9.17, 15) is 14.9 Å². The summed E-state index contributed by atoms with van der Waals surface area (Å²) in [7, 11) is 1.57. The first-order chi connectivity index (χ1) is 13.5. The minimum atomic E-state index is -0.600. The van der Waals surface area contributed by atoms with Crippen LogP contribution in [0.2, 0.25) is 5.15 Å². The average Bonchev–Trinajstić information content (AvgIpc) is 2.70. The van der Waals surface area contributed by atoms with E-state index in [-0.39, 0.29) is 17.4 Å². The standard InChI is InChI=1S/C20H15ClN2O5/c1-27-17-7-6-14-10-15(20(21)22-18(14)11-17)12-28-19(24)8-5-13-3-2-4-16(9-13)23(25)26/h2-11H,12H2,1H3/b8-5-. The molecule has 1 aromatic heterocycles. The highest BCUT2D eigenvalue weighted by molar-refractivity contribution is 6.30. The van der Waals surface area contributed by atoms with Crippen molar-refractivity contribution < 1.29 is 19.2 Å². The smallest absolute Gasteiger partial charge is 0.331 e. The summed E-state index contributed by atoms with van der Waals surface area (Å²) in [5.41, 5.74) is 1.70. The van der Waals surface area contributed by atoms with Gasteiger partial charge >= 0.3 is 5.97 Å². The molecule has 0 saturated carbocycles. The third-order valence-corrected chi connectivity index (χ3v) is 4.24. The van der Waals surface area contributed by atoms with Gasteiger partial charge in [0.25, 0.3) is 5.69 Å². The first kappa shape index (κ1) is 19.3. The first-order valence-electron chi connectivity index (χ1n) is 8.19. The Kier molecular flexibility index (Phi) is 5.86. The van der Waals surface area contributed by atoms with Crippen LogP contribution in [0.3, 0.4) is 0 Å². The second kappa shape index (κ2) is 8.49. The van der Waals surface area contributed by atoms with Crippen molar-refractivity contribution in [2.24, 2.45) is 0 Å². The molecule has 0 radical (unpaired) electrons. The largest absolute Gasteiger partial charge is 0.497 e. The lowest BCUT2D eigenvalue weighted by atomic mass is 10.1. The molecule has 0 amide bonds. The third-order valence-electron chi connectivity index (χ3n) is 3.91. The highest BCUT2D eigenvalue weighted by Crippen LogP contribution is 2.24. The van der Waals surface area contributed by atoms with Crippen molar-refractivity contribution >= 4 is 40.2 Å². The van der Waals surface area contributed by atoms with Crippen molar-refractivity contribution in [2.75, 3.05) is 7.11 Å². The number of rotatable bonds is 6. The minimum absolute atomic E-state index is 0.0497. The van der Waals surface area contributed by atoms with Crippen LogP contribution in [0.5, 0.6) is 5.75 Å². The zero-order chi connectivity index (χ0) is 20.1. The molecule has 0 spiro atoms. The van der Waals surface area contributed by atoms with Crippen LogP contribution in [0, 0.1) is 10.1 Å². The molecule has 7 nitrogen and oxygen atoms in total. The number of nitro groups is 1. The van der Waals surface area contributed by atoms with Gasteiger partial charge in [-0.3, -0.25) is 10.1 Å². The normalized spacial score (nSPS) is 10.9. The molecule has 3 rings (SSSR count). The highest BCUT2D eigenvalue weighted by Gasteiger charge is 2.09. The van der Waals surface area contributed by atoms with E-state index in [0.717, 1.165) is 5.39 Å². The molecule has 142 valence electrons. The quantitative estimate of drug-likeness (QED) is 0.199. The van der Waals surface area contributed by atoms with Gasteiger partial charge in [0.15, 0.2) is 0 Å². The van der Waals surface area contributed by atoms with E-state index >= 15 is 0 Å². The van der Waals surface area contributed by atoms with Crippen molar-refractivity contribution in [1.82, 2.24) is 4.98 Å². The van der Waals surface area contributed by atoms with Crippen molar-refractivity contribution in [3.63, 3.8) is 0 Å². The molecule has 0 bridgehead atoms. The number of non-ortho nitro benzene ring substituents is 1. The maximum Gasteiger partial charge on any atom is 0.331 e. The van der Waals surface area contributed by atoms with Gasteiger partial charge < -0.3 is 9.47 Å². The number of nitro benzene ring substituents is 1. The summed E-state index contributed by atoms with van der Waals surface area (Å²) in [5, 5.41) is 11.8. The molecule has 28 heavy (non-hydrogen) atoms. The van der Waals surface area contributed by atoms with Crippen LogP contribution in [-0.2, 0) is 16.1 Å². The molecule has 0 saturated heterocycles. The van der Waals surface area contributed by atoms with E-state index in [2.05, 4.69) is 4.98 Å². The Morgan fingerprint density at radius 1 is 1.25 bits per heavy atom. The van der Waals surface area contributed by atoms with Gasteiger partial charge in [0.05, 0.1) is 17.5 Å². The molecule has 0 fully saturated rings. The Hall–Kier alpha value is -3.45. The number of aromatic nitrogens is 1. The Morgan fingerprint density at radius 2 is 2.07 bits per heavy atom. The van der Waals surface area contributed by atoms with Crippen molar-refractivity contribution in [3.05, 3.63) is 81.0 Å². The predicted molar refractivity (Wildman–Crippen MR) is 105 cm³/mol. The van der Waals surface area contributed by atoms with Gasteiger partial charge in [-0.15, -0.1) is 0 Å². The van der Waals surface area contributed by atoms with Gasteiger partial charge in [-0.1, -0.05) is 23.7 Å². The summed E-state index contributed by atoms with van der Waals surface area (Å²) >= 11 is 6.18. The summed E-state index contributed by atoms with van der Waals surface area (Å²) in [5.74, 6) is 0.0685. The fraction of sp³-hybridized carbons (Fsp3) is 0.100. The molecule has 3 aromatic rings. The second-order valence-electron chi connectivity index (χ2n) is 5.79. The molecule has 0 unspecified atom stereocenters. The number of esters is 1. The van der Waals surface area contributed by atoms with E-state index in [1.54, 1.807) is 37.4 Å². The molecule has 2 aromatic carbocycles. The molecule has 8 heteroatoms. The highest BCUT2D eigenvalue weighted by atomic mass is 35.5. The van der Waals surface area contributed by atoms with E-state index in [1.807, 2.05) is 6.07 Å². The van der Waals surface area contributed by atoms with Crippen molar-refractivity contribution in [1.29, 1.82) is 0 Å². The van der Waals surface area contributed by atoms with Crippen LogP contribution in [-0.4, -0.2) is 23.0 Å². The zero-order valence-electron chi connectivity index (χ0n) is 14.8. The molecule has 0 aliphatic rings. The predicted octanol–water partition coefficient (Wildman–Crippen LogP) is 4.56. The van der Waals surface area contributed by atoms with Gasteiger partial charge in [0.2, 0.25) is 0 Å². The first-order valence-corrected chi connectivity index (χ1v) is 8.56. The van der Waals surface area contributed by atoms with Crippen molar-refractivity contribution in [2.45, 2.75) is 6.61 Å². The van der Waals surface area contributed by atoms with Crippen molar-refractivity contribution in [3.8, 4) is 5.75 Å². The minimum Gasteiger partial charge on any atom is -0.497 e. The van der Waals surface area contributed by atoms with E-state index < -0.39 is 10.9 Å². The Morgan fingerprint density at radius 3 is 2.82 bits per heavy atom. The fourth-order valence-electron chi connectivity index (χ4n) is 2.50. The van der Waals surface area contributed by atoms with Crippen LogP contribution in [0.4, 0.5) is 5.69 Å². The monoisotopic (exact) mass is 398 g/mol. The maximum atomic E-state index is 11.9. The van der Waals surface area contributed by atoms with Crippen LogP contribution >= 0.6 is 11.6 Å². The van der Waals surface area contributed by atoms with E-state index in [4.69, 9.17) is 21.1 Å². The summed E-state index contributed by atoms with van der Waals surface area (Å²) in [6, 6.07) is 13.1. The lowest BCUT2D eigenvalue weighted by Crippen LogP contribution is -2.02. The number of methoxy groups -OCH3 is 1. The topological polar surface area (TPSA) is 91.6 Å². The van der Waals surface area contributed by atoms with Crippen LogP contribution < -0.4 is 4.74 Å². The SMILES string of the molecule is COc1ccc2cc(COC(=O)/C=C\c3cccc([N+](=O)[O-])c3)c(Cl)nc2c1. The Balaban J connectivity index is 1.68. The second-order valence-corrected chi connectivity index (χ2v) is 6.15. The molecule has 0 atom stereocenters. The molecular formula is C20H15ClN2O5. The molecule has 1 heterocycles. The maximum absolute atomic E-state index is 11.9. The van der Waals surface area contributed by atoms with E-state index in [1.165, 1.54) is 24.3 Å². The number of pyridine rings is 1. The third kappa shape index (κ3) is 4.63. The fourth-order valence-corrected chi connectivity index (χ4v) is 2.70. The lowest BCUT2D eigenvalue weighted by Gasteiger charge is -2.07. The number of carbonyl (C=O) groups excluding carboxylic acids is 1. The molecule has 0 aliphatic carbocycles. The van der Waals surface area contributed by atoms with Crippen LogP contribution in [0.15, 0.2) is 54.6 Å². The summed E-state index contributed by atoms with van der Waals surface area (Å²) < 4.78 is 10.4. The van der Waals surface area contributed by atoms with Gasteiger partial charge in [-0.25, -0.2) is 9.78 Å². The zero-order valence-corrected chi connectivity index (χ0v) is 15.6. The molecular weight excluding hydrogens is 384 g/mol. The van der Waals surface area contributed by atoms with Crippen LogP contribution in [0.25, 0.3) is 17.0 Å². The Bertz CT molecular complexity index is 1080. The number of halogens is 1. The van der Waals surface area contributed by atoms with Gasteiger partial charge in [0, 0.05) is 35.2 Å². The van der Waals surface area contributed by atoms with E-state index in [0.29, 0.717) is 22.4 Å². The summed E-state index contributed by atoms with van der Waals surface area (Å²) in [6.45, 7) is -0.0497. The van der Waals surface area contributed by atoms with Crippen LogP contribution in [0.1, 0.15) is 11.1 Å². The number of nitrogens with zero attached hydrogens (tertiary/aromatic N) is 2. The van der Waals surface area contributed by atoms with Gasteiger partial charge in [0.1, 0.15) is 17.5 Å². The summed E-state index contributed by atoms with van der Waals surface area (Å²) in [4.78, 5) is 26.5. The number of hydrogen-bond acceptors (Lipinski definition) is 6.